The number of piperidine rings is 1. The maximum Gasteiger partial charge on any atom is 0.325 e. The molecule has 0 bridgehead atoms. The molecule has 3 heterocycles. The van der Waals surface area contributed by atoms with Crippen LogP contribution in [0, 0.1) is 0 Å². The minimum atomic E-state index is -2.31. The van der Waals surface area contributed by atoms with Crippen molar-refractivity contribution in [3.8, 4) is 0 Å². The van der Waals surface area contributed by atoms with Gasteiger partial charge in [0.25, 0.3) is 12.3 Å². The predicted molar refractivity (Wildman–Crippen MR) is 168 cm³/mol. The molecule has 2 N–H and O–H groups in total. The molecule has 0 radical (unpaired) electrons. The fourth-order valence-electron chi connectivity index (χ4n) is 5.76. The van der Waals surface area contributed by atoms with Crippen molar-refractivity contribution in [1.29, 1.82) is 0 Å². The minimum absolute atomic E-state index is 0.172. The molecule has 11 heteroatoms. The molecular weight excluding hydrogens is 566 g/mol. The third kappa shape index (κ3) is 7.40. The number of likely N-dealkylation sites (tertiary alicyclic amines) is 1. The summed E-state index contributed by atoms with van der Waals surface area (Å²) in [6, 6.07) is 18.9. The van der Waals surface area contributed by atoms with E-state index in [-0.39, 0.29) is 18.5 Å². The molecule has 9 nitrogen and oxygen atoms in total. The van der Waals surface area contributed by atoms with Crippen molar-refractivity contribution < 1.29 is 23.1 Å². The quantitative estimate of drug-likeness (QED) is 0.201. The van der Waals surface area contributed by atoms with Gasteiger partial charge in [0.05, 0.1) is 12.1 Å². The monoisotopic (exact) mass is 604 g/mol. The smallest absolute Gasteiger partial charge is 0.325 e. The Kier molecular flexibility index (Phi) is 10.2. The number of carbonyl (C=O) groups excluding carboxylic acids is 2. The zero-order valence-electron chi connectivity index (χ0n) is 25.0. The summed E-state index contributed by atoms with van der Waals surface area (Å²) in [4.78, 5) is 33.7. The number of pyridine rings is 1. The van der Waals surface area contributed by atoms with Crippen molar-refractivity contribution in [3.05, 3.63) is 84.2 Å². The van der Waals surface area contributed by atoms with Gasteiger partial charge in [0, 0.05) is 68.1 Å². The number of fused-ring (bicyclic) bond motifs is 1. The molecule has 0 unspecified atom stereocenters. The second-order valence-corrected chi connectivity index (χ2v) is 10.9. The summed E-state index contributed by atoms with van der Waals surface area (Å²) in [5.74, 6) is 0.451. The number of anilines is 3. The van der Waals surface area contributed by atoms with Crippen LogP contribution in [0.4, 0.5) is 30.8 Å². The van der Waals surface area contributed by atoms with Crippen molar-refractivity contribution in [1.82, 2.24) is 19.8 Å². The molecule has 5 rings (SSSR count). The number of hydrogen-bond donors (Lipinski definition) is 2. The fraction of sp³-hybridized carbons (Fsp3) is 0.364. The first-order valence-electron chi connectivity index (χ1n) is 14.8. The van der Waals surface area contributed by atoms with Crippen LogP contribution in [-0.4, -0.2) is 79.8 Å². The van der Waals surface area contributed by atoms with E-state index >= 15 is 0 Å². The van der Waals surface area contributed by atoms with Crippen LogP contribution in [0.1, 0.15) is 41.1 Å². The Bertz CT molecular complexity index is 1570. The summed E-state index contributed by atoms with van der Waals surface area (Å²) in [6.07, 6.45) is 3.52. The lowest BCUT2D eigenvalue weighted by Gasteiger charge is -2.31. The topological polar surface area (TPSA) is 91.7 Å². The molecule has 1 aliphatic rings. The fourth-order valence-corrected chi connectivity index (χ4v) is 5.76. The van der Waals surface area contributed by atoms with E-state index in [0.717, 1.165) is 47.1 Å². The molecule has 0 aliphatic carbocycles. The first kappa shape index (κ1) is 31.1. The number of amides is 2. The van der Waals surface area contributed by atoms with Crippen LogP contribution in [0.5, 0.6) is 0 Å². The van der Waals surface area contributed by atoms with E-state index in [4.69, 9.17) is 4.74 Å². The average Bonchev–Trinajstić information content (AvgIpc) is 3.46. The Labute approximate surface area is 255 Å². The number of ether oxygens (including phenoxy) is 1. The lowest BCUT2D eigenvalue weighted by atomic mass is 9.89. The molecule has 2 amide bonds. The average molecular weight is 605 g/mol. The van der Waals surface area contributed by atoms with Crippen LogP contribution in [0.2, 0.25) is 0 Å². The van der Waals surface area contributed by atoms with Crippen LogP contribution in [0.15, 0.2) is 73.1 Å². The number of benzene rings is 2. The molecular formula is C33H38F2N6O3. The number of halogens is 2. The molecule has 232 valence electrons. The number of carbonyl (C=O) groups is 2. The van der Waals surface area contributed by atoms with Crippen molar-refractivity contribution in [2.45, 2.75) is 31.6 Å². The molecule has 0 saturated carbocycles. The number of rotatable bonds is 11. The summed E-state index contributed by atoms with van der Waals surface area (Å²) >= 11 is 0. The molecule has 1 fully saturated rings. The highest BCUT2D eigenvalue weighted by Crippen LogP contribution is 2.31. The first-order valence-corrected chi connectivity index (χ1v) is 14.8. The maximum absolute atomic E-state index is 13.1. The van der Waals surface area contributed by atoms with Gasteiger partial charge in [0.1, 0.15) is 5.82 Å². The number of methoxy groups -OCH3 is 1. The Morgan fingerprint density at radius 2 is 1.80 bits per heavy atom. The van der Waals surface area contributed by atoms with Gasteiger partial charge < -0.3 is 20.3 Å². The molecule has 44 heavy (non-hydrogen) atoms. The standard InChI is InChI=1S/C33H38F2N6O3/c1-36-33(43)41-18-13-26-20-27(8-9-29(26)41)40(15-3-19-44-2)28-10-14-37-31(21-28)38-32(42)25-6-4-23(5-7-25)24-11-16-39(17-12-24)22-30(34)35/h4-10,13-14,18,20-21,24,30H,3,11-12,15-17,19,22H2,1-2H3,(H,36,43)(H,37,38,42). The second kappa shape index (κ2) is 14.4. The third-order valence-corrected chi connectivity index (χ3v) is 8.07. The highest BCUT2D eigenvalue weighted by molar-refractivity contribution is 6.04. The Morgan fingerprint density at radius 3 is 2.50 bits per heavy atom. The van der Waals surface area contributed by atoms with Gasteiger partial charge in [-0.15, -0.1) is 0 Å². The van der Waals surface area contributed by atoms with Crippen LogP contribution >= 0.6 is 0 Å². The summed E-state index contributed by atoms with van der Waals surface area (Å²) in [5, 5.41) is 6.49. The van der Waals surface area contributed by atoms with Crippen molar-refractivity contribution >= 4 is 40.0 Å². The normalized spacial score (nSPS) is 14.2. The van der Waals surface area contributed by atoms with Gasteiger partial charge in [0.15, 0.2) is 0 Å². The molecule has 1 aliphatic heterocycles. The maximum atomic E-state index is 13.1. The summed E-state index contributed by atoms with van der Waals surface area (Å²) in [6.45, 7) is 2.38. The number of nitrogens with zero attached hydrogens (tertiary/aromatic N) is 4. The first-order chi connectivity index (χ1) is 21.4. The lowest BCUT2D eigenvalue weighted by molar-refractivity contribution is 0.0754. The zero-order chi connectivity index (χ0) is 31.1. The molecule has 1 saturated heterocycles. The summed E-state index contributed by atoms with van der Waals surface area (Å²) in [5.41, 5.74) is 4.22. The van der Waals surface area contributed by atoms with E-state index in [9.17, 15) is 18.4 Å². The van der Waals surface area contributed by atoms with Gasteiger partial charge in [0.2, 0.25) is 0 Å². The number of hydrogen-bond acceptors (Lipinski definition) is 6. The van der Waals surface area contributed by atoms with Crippen LogP contribution in [-0.2, 0) is 4.74 Å². The molecule has 0 atom stereocenters. The van der Waals surface area contributed by atoms with Crippen LogP contribution in [0.3, 0.4) is 0 Å². The van der Waals surface area contributed by atoms with Crippen molar-refractivity contribution in [2.75, 3.05) is 57.2 Å². The van der Waals surface area contributed by atoms with Gasteiger partial charge in [-0.3, -0.25) is 14.3 Å². The minimum Gasteiger partial charge on any atom is -0.385 e. The van der Waals surface area contributed by atoms with E-state index < -0.39 is 6.43 Å². The second-order valence-electron chi connectivity index (χ2n) is 10.9. The van der Waals surface area contributed by atoms with Crippen LogP contribution in [0.25, 0.3) is 10.9 Å². The predicted octanol–water partition coefficient (Wildman–Crippen LogP) is 6.10. The molecule has 0 spiro atoms. The van der Waals surface area contributed by atoms with Gasteiger partial charge >= 0.3 is 6.03 Å². The summed E-state index contributed by atoms with van der Waals surface area (Å²) < 4.78 is 32.3. The van der Waals surface area contributed by atoms with Crippen molar-refractivity contribution in [2.24, 2.45) is 0 Å². The summed E-state index contributed by atoms with van der Waals surface area (Å²) in [7, 11) is 3.27. The highest BCUT2D eigenvalue weighted by Gasteiger charge is 2.23. The van der Waals surface area contributed by atoms with Gasteiger partial charge in [-0.2, -0.15) is 0 Å². The van der Waals surface area contributed by atoms with E-state index in [1.165, 1.54) is 0 Å². The highest BCUT2D eigenvalue weighted by atomic mass is 19.3. The van der Waals surface area contributed by atoms with Gasteiger partial charge in [-0.1, -0.05) is 12.1 Å². The molecule has 2 aromatic carbocycles. The van der Waals surface area contributed by atoms with E-state index in [0.29, 0.717) is 43.5 Å². The van der Waals surface area contributed by atoms with E-state index in [1.54, 1.807) is 43.3 Å². The molecule has 4 aromatic rings. The Balaban J connectivity index is 1.29. The Morgan fingerprint density at radius 1 is 1.05 bits per heavy atom. The largest absolute Gasteiger partial charge is 0.385 e. The number of aromatic nitrogens is 2. The zero-order valence-corrected chi connectivity index (χ0v) is 25.0. The Hall–Kier alpha value is -4.35. The van der Waals surface area contributed by atoms with Gasteiger partial charge in [-0.05, 0) is 86.3 Å². The van der Waals surface area contributed by atoms with Crippen molar-refractivity contribution in [3.63, 3.8) is 0 Å². The third-order valence-electron chi connectivity index (χ3n) is 8.07. The van der Waals surface area contributed by atoms with Gasteiger partial charge in [-0.25, -0.2) is 18.6 Å². The lowest BCUT2D eigenvalue weighted by Crippen LogP contribution is -2.36. The van der Waals surface area contributed by atoms with E-state index in [2.05, 4.69) is 20.5 Å². The number of alkyl halides is 2. The molecule has 2 aromatic heterocycles. The number of nitrogens with one attached hydrogen (secondary N) is 2. The SMILES string of the molecule is CNC(=O)n1ccc2cc(N(CCCOC)c3ccnc(NC(=O)c4ccc(C5CCN(CC(F)F)CC5)cc4)c3)ccc21. The van der Waals surface area contributed by atoms with Crippen LogP contribution < -0.4 is 15.5 Å². The van der Waals surface area contributed by atoms with E-state index in [1.807, 2.05) is 53.4 Å².